The molecule has 0 radical (unpaired) electrons. The zero-order valence-electron chi connectivity index (χ0n) is 10.6. The molecule has 0 bridgehead atoms. The van der Waals surface area contributed by atoms with Crippen molar-refractivity contribution in [1.82, 2.24) is 4.98 Å². The average Bonchev–Trinajstić information content (AvgIpc) is 2.72. The van der Waals surface area contributed by atoms with Crippen LogP contribution in [0.25, 0.3) is 0 Å². The lowest BCUT2D eigenvalue weighted by Gasteiger charge is -2.07. The largest absolute Gasteiger partial charge is 0.477 e. The summed E-state index contributed by atoms with van der Waals surface area (Å²) in [5.41, 5.74) is -1.07. The van der Waals surface area contributed by atoms with Crippen LogP contribution in [0.3, 0.4) is 0 Å². The van der Waals surface area contributed by atoms with Crippen molar-refractivity contribution in [2.24, 2.45) is 0 Å². The Balaban J connectivity index is 2.50. The number of rotatable bonds is 4. The lowest BCUT2D eigenvalue weighted by Crippen LogP contribution is -2.13. The van der Waals surface area contributed by atoms with Gasteiger partial charge >= 0.3 is 5.97 Å². The molecule has 21 heavy (non-hydrogen) atoms. The highest BCUT2D eigenvalue weighted by Crippen LogP contribution is 2.24. The van der Waals surface area contributed by atoms with Crippen molar-refractivity contribution in [1.29, 1.82) is 0 Å². The van der Waals surface area contributed by atoms with Crippen LogP contribution in [-0.2, 0) is 15.6 Å². The number of halogens is 2. The Morgan fingerprint density at radius 3 is 2.57 bits per heavy atom. The Labute approximate surface area is 122 Å². The standard InChI is InChI=1S/C12H9F2NO4S2/c1-6-15-7(4-20-6)5-21(18,19)9-3-2-8(13)10(11(9)14)12(16)17/h2-4H,5H2,1H3,(H,16,17). The maximum atomic E-state index is 14.0. The quantitative estimate of drug-likeness (QED) is 0.869. The molecule has 0 amide bonds. The Kier molecular flexibility index (Phi) is 4.06. The minimum absolute atomic E-state index is 0.220. The van der Waals surface area contributed by atoms with E-state index in [0.29, 0.717) is 17.1 Å². The molecule has 1 aromatic heterocycles. The van der Waals surface area contributed by atoms with Crippen molar-refractivity contribution in [3.63, 3.8) is 0 Å². The van der Waals surface area contributed by atoms with Crippen LogP contribution in [0.15, 0.2) is 22.4 Å². The van der Waals surface area contributed by atoms with E-state index in [2.05, 4.69) is 4.98 Å². The summed E-state index contributed by atoms with van der Waals surface area (Å²) in [6, 6.07) is 1.33. The number of aromatic nitrogens is 1. The number of hydrogen-bond donors (Lipinski definition) is 1. The fraction of sp³-hybridized carbons (Fsp3) is 0.167. The molecule has 2 rings (SSSR count). The first-order valence-electron chi connectivity index (χ1n) is 5.57. The molecule has 2 aromatic rings. The summed E-state index contributed by atoms with van der Waals surface area (Å²) in [4.78, 5) is 13.9. The van der Waals surface area contributed by atoms with Crippen LogP contribution < -0.4 is 0 Å². The summed E-state index contributed by atoms with van der Waals surface area (Å²) >= 11 is 1.23. The number of carbonyl (C=O) groups is 1. The van der Waals surface area contributed by atoms with Gasteiger partial charge in [0.05, 0.1) is 16.5 Å². The number of carboxylic acids is 1. The summed E-state index contributed by atoms with van der Waals surface area (Å²) in [6.07, 6.45) is 0. The summed E-state index contributed by atoms with van der Waals surface area (Å²) in [5, 5.41) is 10.9. The highest BCUT2D eigenvalue weighted by Gasteiger charge is 2.27. The Bertz CT molecular complexity index is 815. The molecule has 0 saturated carbocycles. The minimum atomic E-state index is -4.16. The number of carboxylic acid groups (broad SMARTS) is 1. The van der Waals surface area contributed by atoms with Gasteiger partial charge in [0, 0.05) is 5.38 Å². The third-order valence-corrected chi connectivity index (χ3v) is 5.09. The molecule has 0 aliphatic rings. The number of sulfone groups is 1. The number of aromatic carboxylic acids is 1. The fourth-order valence-corrected chi connectivity index (χ4v) is 3.78. The van der Waals surface area contributed by atoms with Gasteiger partial charge in [-0.3, -0.25) is 0 Å². The number of aryl methyl sites for hydroxylation is 1. The first kappa shape index (κ1) is 15.5. The molecule has 0 fully saturated rings. The molecule has 0 aliphatic heterocycles. The highest BCUT2D eigenvalue weighted by molar-refractivity contribution is 7.90. The molecule has 0 saturated heterocycles. The highest BCUT2D eigenvalue weighted by atomic mass is 32.2. The maximum absolute atomic E-state index is 14.0. The van der Waals surface area contributed by atoms with Gasteiger partial charge in [-0.25, -0.2) is 27.0 Å². The van der Waals surface area contributed by atoms with E-state index in [0.717, 1.165) is 0 Å². The van der Waals surface area contributed by atoms with Crippen molar-refractivity contribution in [2.75, 3.05) is 0 Å². The number of nitrogens with zero attached hydrogens (tertiary/aromatic N) is 1. The van der Waals surface area contributed by atoms with E-state index in [1.165, 1.54) is 16.7 Å². The van der Waals surface area contributed by atoms with Gasteiger partial charge in [0.1, 0.15) is 16.3 Å². The predicted molar refractivity (Wildman–Crippen MR) is 71.1 cm³/mol. The average molecular weight is 333 g/mol. The molecule has 9 heteroatoms. The Morgan fingerprint density at radius 1 is 1.38 bits per heavy atom. The van der Waals surface area contributed by atoms with Gasteiger partial charge in [0.15, 0.2) is 15.7 Å². The van der Waals surface area contributed by atoms with Crippen LogP contribution in [0.1, 0.15) is 21.1 Å². The predicted octanol–water partition coefficient (Wildman–Crippen LogP) is 2.40. The second-order valence-electron chi connectivity index (χ2n) is 4.16. The molecular formula is C12H9F2NO4S2. The molecule has 0 spiro atoms. The van der Waals surface area contributed by atoms with Crippen LogP contribution in [-0.4, -0.2) is 24.5 Å². The molecule has 1 N–H and O–H groups in total. The van der Waals surface area contributed by atoms with E-state index < -0.39 is 43.7 Å². The van der Waals surface area contributed by atoms with Crippen molar-refractivity contribution >= 4 is 27.1 Å². The van der Waals surface area contributed by atoms with Gasteiger partial charge in [-0.15, -0.1) is 11.3 Å². The van der Waals surface area contributed by atoms with Gasteiger partial charge < -0.3 is 5.11 Å². The maximum Gasteiger partial charge on any atom is 0.341 e. The Hall–Kier alpha value is -1.87. The zero-order chi connectivity index (χ0) is 15.8. The van der Waals surface area contributed by atoms with E-state index in [1.54, 1.807) is 6.92 Å². The Morgan fingerprint density at radius 2 is 2.05 bits per heavy atom. The third-order valence-electron chi connectivity index (χ3n) is 2.61. The van der Waals surface area contributed by atoms with Crippen molar-refractivity contribution in [2.45, 2.75) is 17.6 Å². The van der Waals surface area contributed by atoms with Crippen LogP contribution in [0.5, 0.6) is 0 Å². The van der Waals surface area contributed by atoms with E-state index in [4.69, 9.17) is 5.11 Å². The van der Waals surface area contributed by atoms with Crippen molar-refractivity contribution in [3.05, 3.63) is 45.4 Å². The molecule has 0 unspecified atom stereocenters. The van der Waals surface area contributed by atoms with E-state index in [1.807, 2.05) is 0 Å². The molecule has 112 valence electrons. The van der Waals surface area contributed by atoms with Crippen LogP contribution >= 0.6 is 11.3 Å². The van der Waals surface area contributed by atoms with Gasteiger partial charge in [-0.05, 0) is 19.1 Å². The zero-order valence-corrected chi connectivity index (χ0v) is 12.3. The lowest BCUT2D eigenvalue weighted by atomic mass is 10.2. The van der Waals surface area contributed by atoms with Gasteiger partial charge in [-0.1, -0.05) is 0 Å². The third kappa shape index (κ3) is 3.08. The molecular weight excluding hydrogens is 324 g/mol. The monoisotopic (exact) mass is 333 g/mol. The molecule has 0 aliphatic carbocycles. The molecule has 5 nitrogen and oxygen atoms in total. The first-order chi connectivity index (χ1) is 9.72. The summed E-state index contributed by atoms with van der Waals surface area (Å²) < 4.78 is 51.5. The van der Waals surface area contributed by atoms with Gasteiger partial charge in [0.25, 0.3) is 0 Å². The van der Waals surface area contributed by atoms with Crippen molar-refractivity contribution in [3.8, 4) is 0 Å². The molecule has 0 atom stereocenters. The minimum Gasteiger partial charge on any atom is -0.477 e. The smallest absolute Gasteiger partial charge is 0.341 e. The van der Waals surface area contributed by atoms with Crippen LogP contribution in [0.4, 0.5) is 8.78 Å². The van der Waals surface area contributed by atoms with Gasteiger partial charge in [0.2, 0.25) is 0 Å². The molecule has 1 aromatic carbocycles. The summed E-state index contributed by atoms with van der Waals surface area (Å²) in [6.45, 7) is 1.68. The lowest BCUT2D eigenvalue weighted by molar-refractivity contribution is 0.0685. The fourth-order valence-electron chi connectivity index (χ4n) is 1.72. The van der Waals surface area contributed by atoms with Crippen LogP contribution in [0, 0.1) is 18.6 Å². The second kappa shape index (κ2) is 5.49. The van der Waals surface area contributed by atoms with Crippen molar-refractivity contribution < 1.29 is 27.1 Å². The second-order valence-corrected chi connectivity index (χ2v) is 7.18. The number of benzene rings is 1. The van der Waals surface area contributed by atoms with E-state index in [9.17, 15) is 22.0 Å². The summed E-state index contributed by atoms with van der Waals surface area (Å²) in [5.74, 6) is -5.39. The van der Waals surface area contributed by atoms with E-state index in [-0.39, 0.29) is 5.69 Å². The van der Waals surface area contributed by atoms with Crippen LogP contribution in [0.2, 0.25) is 0 Å². The number of thiazole rings is 1. The number of hydrogen-bond acceptors (Lipinski definition) is 5. The SMILES string of the molecule is Cc1nc(CS(=O)(=O)c2ccc(F)c(C(=O)O)c2F)cs1. The van der Waals surface area contributed by atoms with E-state index >= 15 is 0 Å². The molecule has 1 heterocycles. The topological polar surface area (TPSA) is 84.3 Å². The normalized spacial score (nSPS) is 11.6. The summed E-state index contributed by atoms with van der Waals surface area (Å²) in [7, 11) is -4.16. The first-order valence-corrected chi connectivity index (χ1v) is 8.10. The van der Waals surface area contributed by atoms with Gasteiger partial charge in [-0.2, -0.15) is 0 Å².